The van der Waals surface area contributed by atoms with E-state index >= 15 is 0 Å². The maximum Gasteiger partial charge on any atom is 0.297 e. The number of aryl methyl sites for hydroxylation is 1. The summed E-state index contributed by atoms with van der Waals surface area (Å²) in [7, 11) is 0. The second kappa shape index (κ2) is 8.07. The molecule has 2 aromatic carbocycles. The summed E-state index contributed by atoms with van der Waals surface area (Å²) in [6, 6.07) is 11.6. The van der Waals surface area contributed by atoms with E-state index in [1.165, 1.54) is 16.2 Å². The van der Waals surface area contributed by atoms with E-state index in [1.54, 1.807) is 18.2 Å². The van der Waals surface area contributed by atoms with Gasteiger partial charge in [0.05, 0.1) is 29.3 Å². The quantitative estimate of drug-likeness (QED) is 0.374. The third-order valence-electron chi connectivity index (χ3n) is 5.31. The van der Waals surface area contributed by atoms with Crippen molar-refractivity contribution in [1.29, 1.82) is 0 Å². The minimum atomic E-state index is -0.664. The number of hydrogen-bond donors (Lipinski definition) is 0. The molecule has 0 spiro atoms. The highest BCUT2D eigenvalue weighted by Crippen LogP contribution is 2.42. The molecule has 0 aliphatic carbocycles. The van der Waals surface area contributed by atoms with Crippen molar-refractivity contribution in [2.24, 2.45) is 0 Å². The van der Waals surface area contributed by atoms with Crippen LogP contribution in [0.25, 0.3) is 11.0 Å². The first kappa shape index (κ1) is 20.7. The Kier molecular flexibility index (Phi) is 5.23. The highest BCUT2D eigenvalue weighted by atomic mass is 35.5. The van der Waals surface area contributed by atoms with E-state index in [4.69, 9.17) is 20.8 Å². The van der Waals surface area contributed by atoms with E-state index in [0.717, 1.165) is 23.4 Å². The van der Waals surface area contributed by atoms with Crippen molar-refractivity contribution < 1.29 is 13.9 Å². The van der Waals surface area contributed by atoms with Gasteiger partial charge in [0.25, 0.3) is 5.91 Å². The number of benzene rings is 2. The molecule has 32 heavy (non-hydrogen) atoms. The Morgan fingerprint density at radius 3 is 2.66 bits per heavy atom. The minimum Gasteiger partial charge on any atom is -0.494 e. The molecule has 0 radical (unpaired) electrons. The number of carbonyl (C=O) groups is 1. The van der Waals surface area contributed by atoms with Crippen LogP contribution in [0.2, 0.25) is 5.02 Å². The third kappa shape index (κ3) is 3.38. The fraction of sp³-hybridized carbons (Fsp3) is 0.208. The lowest BCUT2D eigenvalue weighted by molar-refractivity contribution is 0.0971. The van der Waals surface area contributed by atoms with Gasteiger partial charge >= 0.3 is 0 Å². The molecular weight excluding hydrogens is 448 g/mol. The normalized spacial score (nSPS) is 15.4. The number of aromatic nitrogens is 1. The van der Waals surface area contributed by atoms with Crippen LogP contribution in [0, 0.1) is 6.92 Å². The fourth-order valence-corrected chi connectivity index (χ4v) is 4.88. The standard InChI is InChI=1S/C24H19ClN2O4S/c1-3-10-30-16-7-4-14(5-8-16)20-19-21(28)17-11-15(25)6-9-18(17)31-22(19)23(29)27(20)24-26-13(2)12-32-24/h4-9,11-12,20H,3,10H2,1-2H3/t20-/m1/s1. The minimum absolute atomic E-state index is 0.0361. The zero-order valence-corrected chi connectivity index (χ0v) is 19.0. The van der Waals surface area contributed by atoms with E-state index in [9.17, 15) is 9.59 Å². The van der Waals surface area contributed by atoms with Gasteiger partial charge in [-0.1, -0.05) is 30.7 Å². The largest absolute Gasteiger partial charge is 0.494 e. The molecule has 0 fully saturated rings. The molecule has 6 nitrogen and oxygen atoms in total. The number of anilines is 1. The number of nitrogens with zero attached hydrogens (tertiary/aromatic N) is 2. The van der Waals surface area contributed by atoms with Gasteiger partial charge in [0.2, 0.25) is 5.76 Å². The van der Waals surface area contributed by atoms with Gasteiger partial charge in [-0.05, 0) is 49.2 Å². The summed E-state index contributed by atoms with van der Waals surface area (Å²) >= 11 is 7.48. The molecule has 1 atom stereocenters. The van der Waals surface area contributed by atoms with Gasteiger partial charge < -0.3 is 9.15 Å². The summed E-state index contributed by atoms with van der Waals surface area (Å²) in [5.74, 6) is 0.378. The van der Waals surface area contributed by atoms with Crippen molar-refractivity contribution in [3.63, 3.8) is 0 Å². The second-order valence-corrected chi connectivity index (χ2v) is 8.85. The Labute approximate surface area is 193 Å². The Morgan fingerprint density at radius 1 is 1.19 bits per heavy atom. The number of thiazole rings is 1. The highest BCUT2D eigenvalue weighted by Gasteiger charge is 2.44. The van der Waals surface area contributed by atoms with Crippen LogP contribution in [-0.4, -0.2) is 17.5 Å². The van der Waals surface area contributed by atoms with Gasteiger partial charge in [-0.15, -0.1) is 11.3 Å². The molecule has 3 heterocycles. The number of amides is 1. The number of carbonyl (C=O) groups excluding carboxylic acids is 1. The average Bonchev–Trinajstić information content (AvgIpc) is 3.34. The Morgan fingerprint density at radius 2 is 1.97 bits per heavy atom. The summed E-state index contributed by atoms with van der Waals surface area (Å²) < 4.78 is 11.6. The van der Waals surface area contributed by atoms with Gasteiger partial charge in [-0.2, -0.15) is 0 Å². The van der Waals surface area contributed by atoms with E-state index in [1.807, 2.05) is 43.5 Å². The van der Waals surface area contributed by atoms with Crippen molar-refractivity contribution in [2.75, 3.05) is 11.5 Å². The SMILES string of the molecule is CCCOc1ccc([C@@H]2c3c(oc4ccc(Cl)cc4c3=O)C(=O)N2c2nc(C)cs2)cc1. The molecule has 0 unspecified atom stereocenters. The lowest BCUT2D eigenvalue weighted by Crippen LogP contribution is -2.29. The average molecular weight is 467 g/mol. The summed E-state index contributed by atoms with van der Waals surface area (Å²) in [5, 5.41) is 3.15. The molecule has 1 amide bonds. The number of ether oxygens (including phenoxy) is 1. The molecule has 2 aromatic heterocycles. The van der Waals surface area contributed by atoms with Crippen molar-refractivity contribution in [3.05, 3.63) is 85.7 Å². The molecule has 1 aliphatic heterocycles. The van der Waals surface area contributed by atoms with Crippen LogP contribution in [-0.2, 0) is 0 Å². The lowest BCUT2D eigenvalue weighted by atomic mass is 9.98. The number of fused-ring (bicyclic) bond motifs is 2. The molecule has 5 rings (SSSR count). The van der Waals surface area contributed by atoms with Crippen molar-refractivity contribution >= 4 is 44.9 Å². The van der Waals surface area contributed by atoms with E-state index in [0.29, 0.717) is 33.3 Å². The first-order valence-electron chi connectivity index (χ1n) is 10.2. The van der Waals surface area contributed by atoms with Crippen LogP contribution in [0.15, 0.2) is 57.1 Å². The van der Waals surface area contributed by atoms with Gasteiger partial charge in [-0.3, -0.25) is 14.5 Å². The molecule has 8 heteroatoms. The van der Waals surface area contributed by atoms with Crippen LogP contribution in [0.3, 0.4) is 0 Å². The van der Waals surface area contributed by atoms with Crippen LogP contribution >= 0.6 is 22.9 Å². The van der Waals surface area contributed by atoms with Gasteiger partial charge in [0.1, 0.15) is 11.3 Å². The molecular formula is C24H19ClN2O4S. The van der Waals surface area contributed by atoms with Crippen LogP contribution in [0.1, 0.15) is 46.8 Å². The number of hydrogen-bond acceptors (Lipinski definition) is 6. The first-order chi connectivity index (χ1) is 15.5. The maximum absolute atomic E-state index is 13.6. The number of halogens is 1. The van der Waals surface area contributed by atoms with Gasteiger partial charge in [-0.25, -0.2) is 4.98 Å². The molecule has 0 N–H and O–H groups in total. The van der Waals surface area contributed by atoms with Gasteiger partial charge in [0, 0.05) is 10.4 Å². The lowest BCUT2D eigenvalue weighted by Gasteiger charge is -2.22. The summed E-state index contributed by atoms with van der Waals surface area (Å²) in [6.07, 6.45) is 0.903. The molecule has 4 aromatic rings. The monoisotopic (exact) mass is 466 g/mol. The van der Waals surface area contributed by atoms with Crippen molar-refractivity contribution in [1.82, 2.24) is 4.98 Å². The molecule has 0 saturated carbocycles. The van der Waals surface area contributed by atoms with Crippen LogP contribution < -0.4 is 15.1 Å². The van der Waals surface area contributed by atoms with E-state index in [2.05, 4.69) is 4.98 Å². The number of rotatable bonds is 5. The first-order valence-corrected chi connectivity index (χ1v) is 11.5. The molecule has 162 valence electrons. The predicted octanol–water partition coefficient (Wildman–Crippen LogP) is 5.75. The van der Waals surface area contributed by atoms with E-state index in [-0.39, 0.29) is 17.1 Å². The van der Waals surface area contributed by atoms with Crippen molar-refractivity contribution in [3.8, 4) is 5.75 Å². The Bertz CT molecular complexity index is 1390. The third-order valence-corrected chi connectivity index (χ3v) is 6.51. The second-order valence-electron chi connectivity index (χ2n) is 7.58. The fourth-order valence-electron chi connectivity index (χ4n) is 3.88. The molecule has 0 bridgehead atoms. The summed E-state index contributed by atoms with van der Waals surface area (Å²) in [5.41, 5.74) is 1.91. The summed E-state index contributed by atoms with van der Waals surface area (Å²) in [6.45, 7) is 4.52. The van der Waals surface area contributed by atoms with E-state index < -0.39 is 6.04 Å². The predicted molar refractivity (Wildman–Crippen MR) is 125 cm³/mol. The van der Waals surface area contributed by atoms with Gasteiger partial charge in [0.15, 0.2) is 10.6 Å². The van der Waals surface area contributed by atoms with Crippen LogP contribution in [0.5, 0.6) is 5.75 Å². The highest BCUT2D eigenvalue weighted by molar-refractivity contribution is 7.14. The zero-order chi connectivity index (χ0) is 22.4. The molecule has 1 aliphatic rings. The Hall–Kier alpha value is -3.16. The topological polar surface area (TPSA) is 72.6 Å². The Balaban J connectivity index is 1.72. The smallest absolute Gasteiger partial charge is 0.297 e. The zero-order valence-electron chi connectivity index (χ0n) is 17.4. The van der Waals surface area contributed by atoms with Crippen molar-refractivity contribution in [2.45, 2.75) is 26.3 Å². The summed E-state index contributed by atoms with van der Waals surface area (Å²) in [4.78, 5) is 33.1. The molecule has 0 saturated heterocycles. The maximum atomic E-state index is 13.6. The van der Waals surface area contributed by atoms with Crippen LogP contribution in [0.4, 0.5) is 5.13 Å².